The molecule has 0 bridgehead atoms. The highest BCUT2D eigenvalue weighted by Gasteiger charge is 2.12. The molecular weight excluding hydrogens is 248 g/mol. The standard InChI is InChI=1S/C11H16N6O2/c1-17-7-15-9(16-17)5-12-4-8-10(18-2)13-6-14-11(8)19-3/h6-7,12H,4-5H2,1-3H3. The Balaban J connectivity index is 2.02. The normalized spacial score (nSPS) is 10.5. The van der Waals surface area contributed by atoms with E-state index in [1.807, 2.05) is 7.05 Å². The molecule has 0 radical (unpaired) electrons. The van der Waals surface area contributed by atoms with Crippen LogP contribution in [0.3, 0.4) is 0 Å². The summed E-state index contributed by atoms with van der Waals surface area (Å²) in [6.45, 7) is 1.05. The molecule has 1 N–H and O–H groups in total. The number of ether oxygens (including phenoxy) is 2. The molecular formula is C11H16N6O2. The van der Waals surface area contributed by atoms with E-state index in [1.54, 1.807) is 25.2 Å². The topological polar surface area (TPSA) is 87.0 Å². The summed E-state index contributed by atoms with van der Waals surface area (Å²) in [5.41, 5.74) is 0.767. The maximum Gasteiger partial charge on any atom is 0.224 e. The first-order chi connectivity index (χ1) is 9.24. The summed E-state index contributed by atoms with van der Waals surface area (Å²) in [6, 6.07) is 0. The van der Waals surface area contributed by atoms with E-state index in [2.05, 4.69) is 25.4 Å². The molecule has 2 aromatic rings. The molecule has 0 aromatic carbocycles. The molecule has 0 aliphatic carbocycles. The SMILES string of the molecule is COc1ncnc(OC)c1CNCc1ncn(C)n1. The lowest BCUT2D eigenvalue weighted by Gasteiger charge is -2.10. The largest absolute Gasteiger partial charge is 0.481 e. The van der Waals surface area contributed by atoms with Crippen molar-refractivity contribution in [2.75, 3.05) is 14.2 Å². The van der Waals surface area contributed by atoms with Crippen molar-refractivity contribution in [3.05, 3.63) is 24.0 Å². The van der Waals surface area contributed by atoms with Gasteiger partial charge in [0.1, 0.15) is 12.7 Å². The summed E-state index contributed by atoms with van der Waals surface area (Å²) < 4.78 is 12.0. The number of nitrogens with one attached hydrogen (secondary N) is 1. The zero-order chi connectivity index (χ0) is 13.7. The Labute approximate surface area is 110 Å². The predicted octanol–water partition coefficient (Wildman–Crippen LogP) is -0.0879. The number of aryl methyl sites for hydroxylation is 1. The summed E-state index contributed by atoms with van der Waals surface area (Å²) in [7, 11) is 4.95. The van der Waals surface area contributed by atoms with E-state index in [9.17, 15) is 0 Å². The van der Waals surface area contributed by atoms with Crippen molar-refractivity contribution >= 4 is 0 Å². The Bertz CT molecular complexity index is 519. The fourth-order valence-electron chi connectivity index (χ4n) is 1.65. The second kappa shape index (κ2) is 6.10. The number of nitrogens with zero attached hydrogens (tertiary/aromatic N) is 5. The van der Waals surface area contributed by atoms with Gasteiger partial charge in [0.2, 0.25) is 11.8 Å². The first kappa shape index (κ1) is 13.2. The van der Waals surface area contributed by atoms with E-state index < -0.39 is 0 Å². The van der Waals surface area contributed by atoms with Gasteiger partial charge in [0.05, 0.1) is 26.3 Å². The van der Waals surface area contributed by atoms with Gasteiger partial charge in [-0.3, -0.25) is 4.68 Å². The Hall–Kier alpha value is -2.22. The minimum absolute atomic E-state index is 0.494. The van der Waals surface area contributed by atoms with Crippen LogP contribution < -0.4 is 14.8 Å². The molecule has 0 amide bonds. The van der Waals surface area contributed by atoms with Crippen LogP contribution in [0, 0.1) is 0 Å². The molecule has 0 saturated carbocycles. The van der Waals surface area contributed by atoms with Crippen LogP contribution >= 0.6 is 0 Å². The number of methoxy groups -OCH3 is 2. The molecule has 0 spiro atoms. The molecule has 0 fully saturated rings. The second-order valence-electron chi connectivity index (χ2n) is 3.81. The summed E-state index contributed by atoms with van der Waals surface area (Å²) >= 11 is 0. The Kier molecular flexibility index (Phi) is 4.24. The van der Waals surface area contributed by atoms with Crippen molar-refractivity contribution < 1.29 is 9.47 Å². The lowest BCUT2D eigenvalue weighted by Crippen LogP contribution is -2.16. The van der Waals surface area contributed by atoms with Crippen LogP contribution in [0.25, 0.3) is 0 Å². The molecule has 8 nitrogen and oxygen atoms in total. The summed E-state index contributed by atoms with van der Waals surface area (Å²) in [4.78, 5) is 12.2. The first-order valence-corrected chi connectivity index (χ1v) is 5.71. The smallest absolute Gasteiger partial charge is 0.224 e. The lowest BCUT2D eigenvalue weighted by molar-refractivity contribution is 0.359. The molecule has 102 valence electrons. The molecule has 8 heteroatoms. The first-order valence-electron chi connectivity index (χ1n) is 5.71. The highest BCUT2D eigenvalue weighted by atomic mass is 16.5. The summed E-state index contributed by atoms with van der Waals surface area (Å²) in [6.07, 6.45) is 3.06. The number of aromatic nitrogens is 5. The van der Waals surface area contributed by atoms with E-state index in [1.165, 1.54) is 6.33 Å². The van der Waals surface area contributed by atoms with Gasteiger partial charge in [-0.05, 0) is 0 Å². The highest BCUT2D eigenvalue weighted by Crippen LogP contribution is 2.22. The Morgan fingerprint density at radius 3 is 2.32 bits per heavy atom. The quantitative estimate of drug-likeness (QED) is 0.780. The van der Waals surface area contributed by atoms with Crippen molar-refractivity contribution in [1.82, 2.24) is 30.0 Å². The number of hydrogen-bond acceptors (Lipinski definition) is 7. The maximum absolute atomic E-state index is 5.19. The average Bonchev–Trinajstić information content (AvgIpc) is 2.84. The highest BCUT2D eigenvalue weighted by molar-refractivity contribution is 5.34. The number of hydrogen-bond donors (Lipinski definition) is 1. The van der Waals surface area contributed by atoms with Crippen molar-refractivity contribution in [1.29, 1.82) is 0 Å². The minimum atomic E-state index is 0.494. The van der Waals surface area contributed by atoms with Gasteiger partial charge in [0.15, 0.2) is 5.82 Å². The van der Waals surface area contributed by atoms with Crippen LogP contribution in [-0.2, 0) is 20.1 Å². The van der Waals surface area contributed by atoms with Crippen LogP contribution in [0.5, 0.6) is 11.8 Å². The van der Waals surface area contributed by atoms with Crippen molar-refractivity contribution in [3.63, 3.8) is 0 Å². The van der Waals surface area contributed by atoms with Crippen LogP contribution in [0.2, 0.25) is 0 Å². The van der Waals surface area contributed by atoms with E-state index in [0.717, 1.165) is 11.4 Å². The molecule has 2 aromatic heterocycles. The van der Waals surface area contributed by atoms with E-state index in [4.69, 9.17) is 9.47 Å². The van der Waals surface area contributed by atoms with Gasteiger partial charge in [-0.15, -0.1) is 0 Å². The molecule has 0 unspecified atom stereocenters. The fourth-order valence-corrected chi connectivity index (χ4v) is 1.65. The Morgan fingerprint density at radius 1 is 1.11 bits per heavy atom. The molecule has 0 saturated heterocycles. The van der Waals surface area contributed by atoms with Crippen LogP contribution in [-0.4, -0.2) is 39.0 Å². The molecule has 0 atom stereocenters. The molecule has 0 aliphatic heterocycles. The summed E-state index contributed by atoms with van der Waals surface area (Å²) in [5, 5.41) is 7.38. The van der Waals surface area contributed by atoms with Crippen LogP contribution in [0.4, 0.5) is 0 Å². The molecule has 2 heterocycles. The zero-order valence-electron chi connectivity index (χ0n) is 11.1. The van der Waals surface area contributed by atoms with Gasteiger partial charge in [-0.25, -0.2) is 15.0 Å². The fraction of sp³-hybridized carbons (Fsp3) is 0.455. The van der Waals surface area contributed by atoms with E-state index in [0.29, 0.717) is 24.8 Å². The molecule has 0 aliphatic rings. The van der Waals surface area contributed by atoms with Crippen molar-refractivity contribution in [2.45, 2.75) is 13.1 Å². The predicted molar refractivity (Wildman–Crippen MR) is 66.7 cm³/mol. The second-order valence-corrected chi connectivity index (χ2v) is 3.81. The zero-order valence-corrected chi connectivity index (χ0v) is 11.1. The molecule has 19 heavy (non-hydrogen) atoms. The lowest BCUT2D eigenvalue weighted by atomic mass is 10.3. The average molecular weight is 264 g/mol. The van der Waals surface area contributed by atoms with Gasteiger partial charge < -0.3 is 14.8 Å². The summed E-state index contributed by atoms with van der Waals surface area (Å²) in [5.74, 6) is 1.71. The van der Waals surface area contributed by atoms with Crippen LogP contribution in [0.1, 0.15) is 11.4 Å². The molecule has 2 rings (SSSR count). The Morgan fingerprint density at radius 2 is 1.79 bits per heavy atom. The van der Waals surface area contributed by atoms with E-state index >= 15 is 0 Å². The van der Waals surface area contributed by atoms with Gasteiger partial charge >= 0.3 is 0 Å². The monoisotopic (exact) mass is 264 g/mol. The van der Waals surface area contributed by atoms with Gasteiger partial charge in [-0.1, -0.05) is 0 Å². The maximum atomic E-state index is 5.19. The van der Waals surface area contributed by atoms with Crippen molar-refractivity contribution in [2.24, 2.45) is 7.05 Å². The van der Waals surface area contributed by atoms with Gasteiger partial charge in [0.25, 0.3) is 0 Å². The van der Waals surface area contributed by atoms with E-state index in [-0.39, 0.29) is 0 Å². The van der Waals surface area contributed by atoms with Crippen molar-refractivity contribution in [3.8, 4) is 11.8 Å². The van der Waals surface area contributed by atoms with Crippen LogP contribution in [0.15, 0.2) is 12.7 Å². The van der Waals surface area contributed by atoms with Gasteiger partial charge in [0, 0.05) is 13.6 Å². The third kappa shape index (κ3) is 3.16. The third-order valence-corrected chi connectivity index (χ3v) is 2.48. The third-order valence-electron chi connectivity index (χ3n) is 2.48. The minimum Gasteiger partial charge on any atom is -0.481 e. The number of rotatable bonds is 6. The van der Waals surface area contributed by atoms with Gasteiger partial charge in [-0.2, -0.15) is 5.10 Å².